The molecule has 1 aliphatic rings. The molecule has 0 amide bonds. The second-order valence-corrected chi connectivity index (χ2v) is 4.51. The maximum atomic E-state index is 6.04. The molecule has 1 aromatic carbocycles. The van der Waals surface area contributed by atoms with Gasteiger partial charge >= 0.3 is 0 Å². The highest BCUT2D eigenvalue weighted by atomic mass is 16.5. The van der Waals surface area contributed by atoms with Crippen molar-refractivity contribution < 1.29 is 4.74 Å². The molecule has 1 atom stereocenters. The molecule has 1 unspecified atom stereocenters. The topological polar surface area (TPSA) is 22.1 Å². The molecular weight excluding hydrogens is 234 g/mol. The molecule has 2 heteroatoms. The zero-order valence-corrected chi connectivity index (χ0v) is 11.9. The Balaban J connectivity index is 0.000000637. The van der Waals surface area contributed by atoms with Gasteiger partial charge in [-0.15, -0.1) is 0 Å². The van der Waals surface area contributed by atoms with Crippen LogP contribution in [0.25, 0.3) is 0 Å². The maximum absolute atomic E-state index is 6.04. The van der Waals surface area contributed by atoms with Crippen molar-refractivity contribution in [3.63, 3.8) is 0 Å². The number of pyridine rings is 1. The van der Waals surface area contributed by atoms with Crippen molar-refractivity contribution in [2.24, 2.45) is 0 Å². The lowest BCUT2D eigenvalue weighted by Gasteiger charge is -2.25. The van der Waals surface area contributed by atoms with Gasteiger partial charge in [0.25, 0.3) is 0 Å². The zero-order valence-electron chi connectivity index (χ0n) is 11.9. The smallest absolute Gasteiger partial charge is 0.141 e. The van der Waals surface area contributed by atoms with E-state index < -0.39 is 0 Å². The van der Waals surface area contributed by atoms with E-state index in [0.29, 0.717) is 0 Å². The molecule has 0 saturated carbocycles. The van der Waals surface area contributed by atoms with Crippen LogP contribution in [0.4, 0.5) is 0 Å². The third-order valence-corrected chi connectivity index (χ3v) is 3.19. The van der Waals surface area contributed by atoms with E-state index in [0.717, 1.165) is 24.3 Å². The van der Waals surface area contributed by atoms with Crippen LogP contribution in [0, 0.1) is 6.92 Å². The quantitative estimate of drug-likeness (QED) is 0.749. The van der Waals surface area contributed by atoms with Crippen molar-refractivity contribution >= 4 is 0 Å². The van der Waals surface area contributed by atoms with Gasteiger partial charge < -0.3 is 4.74 Å². The summed E-state index contributed by atoms with van der Waals surface area (Å²) in [4.78, 5) is 4.37. The molecule has 2 heterocycles. The summed E-state index contributed by atoms with van der Waals surface area (Å²) in [6.07, 6.45) is 4.00. The van der Waals surface area contributed by atoms with Crippen molar-refractivity contribution in [3.8, 4) is 5.75 Å². The van der Waals surface area contributed by atoms with Crippen LogP contribution >= 0.6 is 0 Å². The summed E-state index contributed by atoms with van der Waals surface area (Å²) in [5.41, 5.74) is 3.58. The number of aromatic nitrogens is 1. The summed E-state index contributed by atoms with van der Waals surface area (Å²) < 4.78 is 6.04. The lowest BCUT2D eigenvalue weighted by Crippen LogP contribution is -2.16. The highest BCUT2D eigenvalue weighted by molar-refractivity contribution is 5.39. The number of rotatable bonds is 1. The monoisotopic (exact) mass is 255 g/mol. The molecule has 0 bridgehead atoms. The molecule has 0 radical (unpaired) electrons. The van der Waals surface area contributed by atoms with E-state index in [4.69, 9.17) is 4.74 Å². The van der Waals surface area contributed by atoms with Crippen molar-refractivity contribution in [2.75, 3.05) is 0 Å². The van der Waals surface area contributed by atoms with Gasteiger partial charge in [0.2, 0.25) is 0 Å². The van der Waals surface area contributed by atoms with E-state index in [2.05, 4.69) is 30.1 Å². The molecule has 0 saturated heterocycles. The summed E-state index contributed by atoms with van der Waals surface area (Å²) in [5, 5.41) is 0. The molecule has 0 aliphatic carbocycles. The number of fused-ring (bicyclic) bond motifs is 1. The van der Waals surface area contributed by atoms with Crippen molar-refractivity contribution in [2.45, 2.75) is 39.7 Å². The van der Waals surface area contributed by atoms with E-state index in [-0.39, 0.29) is 6.10 Å². The minimum absolute atomic E-state index is 0.102. The van der Waals surface area contributed by atoms with Crippen LogP contribution in [0.5, 0.6) is 5.75 Å². The number of benzene rings is 1. The second kappa shape index (κ2) is 6.37. The van der Waals surface area contributed by atoms with Gasteiger partial charge in [0, 0.05) is 6.20 Å². The highest BCUT2D eigenvalue weighted by Crippen LogP contribution is 2.34. The third kappa shape index (κ3) is 3.14. The molecule has 1 aliphatic heterocycles. The summed E-state index contributed by atoms with van der Waals surface area (Å²) in [6.45, 7) is 6.09. The van der Waals surface area contributed by atoms with E-state index in [9.17, 15) is 0 Å². The fourth-order valence-corrected chi connectivity index (χ4v) is 2.25. The number of ether oxygens (including phenoxy) is 1. The third-order valence-electron chi connectivity index (χ3n) is 3.19. The molecule has 19 heavy (non-hydrogen) atoms. The Morgan fingerprint density at radius 3 is 2.74 bits per heavy atom. The van der Waals surface area contributed by atoms with Gasteiger partial charge in [-0.2, -0.15) is 0 Å². The van der Waals surface area contributed by atoms with Crippen LogP contribution < -0.4 is 4.74 Å². The fraction of sp³-hybridized carbons (Fsp3) is 0.353. The lowest BCUT2D eigenvalue weighted by atomic mass is 9.99. The van der Waals surface area contributed by atoms with Gasteiger partial charge in [0.1, 0.15) is 11.9 Å². The van der Waals surface area contributed by atoms with E-state index in [1.54, 1.807) is 0 Å². The van der Waals surface area contributed by atoms with E-state index in [1.807, 2.05) is 38.2 Å². The molecule has 0 spiro atoms. The second-order valence-electron chi connectivity index (χ2n) is 4.51. The Morgan fingerprint density at radius 1 is 1.16 bits per heavy atom. The molecule has 2 aromatic rings. The van der Waals surface area contributed by atoms with Gasteiger partial charge in [-0.3, -0.25) is 4.98 Å². The Kier molecular flexibility index (Phi) is 4.56. The lowest BCUT2D eigenvalue weighted by molar-refractivity contribution is 0.172. The first-order chi connectivity index (χ1) is 9.33. The molecular formula is C17H21NO. The van der Waals surface area contributed by atoms with Crippen LogP contribution in [0.2, 0.25) is 0 Å². The molecule has 0 N–H and O–H groups in total. The van der Waals surface area contributed by atoms with Crippen LogP contribution in [0.15, 0.2) is 42.6 Å². The van der Waals surface area contributed by atoms with Crippen LogP contribution in [-0.2, 0) is 6.42 Å². The minimum atomic E-state index is 0.102. The first-order valence-electron chi connectivity index (χ1n) is 7.00. The molecule has 1 aromatic heterocycles. The van der Waals surface area contributed by atoms with Crippen molar-refractivity contribution in [1.29, 1.82) is 0 Å². The van der Waals surface area contributed by atoms with E-state index in [1.165, 1.54) is 11.1 Å². The summed E-state index contributed by atoms with van der Waals surface area (Å²) in [5.74, 6) is 1.02. The van der Waals surface area contributed by atoms with Crippen LogP contribution in [0.3, 0.4) is 0 Å². The van der Waals surface area contributed by atoms with Gasteiger partial charge in [-0.25, -0.2) is 0 Å². The Bertz CT molecular complexity index is 522. The summed E-state index contributed by atoms with van der Waals surface area (Å²) in [6, 6.07) is 12.4. The highest BCUT2D eigenvalue weighted by Gasteiger charge is 2.21. The number of aryl methyl sites for hydroxylation is 2. The molecule has 0 fully saturated rings. The summed E-state index contributed by atoms with van der Waals surface area (Å²) in [7, 11) is 0. The molecule has 2 nitrogen and oxygen atoms in total. The van der Waals surface area contributed by atoms with Gasteiger partial charge in [-0.1, -0.05) is 32.0 Å². The largest absolute Gasteiger partial charge is 0.484 e. The first-order valence-corrected chi connectivity index (χ1v) is 7.00. The fourth-order valence-electron chi connectivity index (χ4n) is 2.25. The SMILES string of the molecule is CC.Cc1ccc2c(c1)OC(c1ccccn1)CC2. The van der Waals surface area contributed by atoms with Crippen LogP contribution in [-0.4, -0.2) is 4.98 Å². The molecule has 3 rings (SSSR count). The van der Waals surface area contributed by atoms with Gasteiger partial charge in [-0.05, 0) is 49.1 Å². The summed E-state index contributed by atoms with van der Waals surface area (Å²) >= 11 is 0. The average Bonchev–Trinajstić information content (AvgIpc) is 2.49. The van der Waals surface area contributed by atoms with Crippen LogP contribution in [0.1, 0.15) is 43.2 Å². The molecule has 100 valence electrons. The average molecular weight is 255 g/mol. The first kappa shape index (κ1) is 13.6. The Morgan fingerprint density at radius 2 is 2.00 bits per heavy atom. The Hall–Kier alpha value is -1.83. The number of hydrogen-bond donors (Lipinski definition) is 0. The normalized spacial score (nSPS) is 16.7. The van der Waals surface area contributed by atoms with E-state index >= 15 is 0 Å². The van der Waals surface area contributed by atoms with Gasteiger partial charge in [0.05, 0.1) is 5.69 Å². The standard InChI is InChI=1S/C15H15NO.C2H6/c1-11-5-6-12-7-8-14(17-15(12)10-11)13-4-2-3-9-16-13;1-2/h2-6,9-10,14H,7-8H2,1H3;1-2H3. The zero-order chi connectivity index (χ0) is 13.7. The van der Waals surface area contributed by atoms with Crippen molar-refractivity contribution in [1.82, 2.24) is 4.98 Å². The predicted molar refractivity (Wildman–Crippen MR) is 78.5 cm³/mol. The number of hydrogen-bond acceptors (Lipinski definition) is 2. The minimum Gasteiger partial charge on any atom is -0.484 e. The van der Waals surface area contributed by atoms with Crippen molar-refractivity contribution in [3.05, 3.63) is 59.4 Å². The predicted octanol–water partition coefficient (Wildman–Crippen LogP) is 4.48. The Labute approximate surface area is 115 Å². The number of nitrogens with zero attached hydrogens (tertiary/aromatic N) is 1. The maximum Gasteiger partial charge on any atom is 0.141 e. The van der Waals surface area contributed by atoms with Gasteiger partial charge in [0.15, 0.2) is 0 Å².